The first kappa shape index (κ1) is 12.8. The van der Waals surface area contributed by atoms with Gasteiger partial charge >= 0.3 is 5.69 Å². The number of ether oxygens (including phenoxy) is 2. The van der Waals surface area contributed by atoms with Crippen LogP contribution < -0.4 is 4.74 Å². The van der Waals surface area contributed by atoms with Crippen molar-refractivity contribution in [2.24, 2.45) is 0 Å². The molecule has 1 heterocycles. The predicted octanol–water partition coefficient (Wildman–Crippen LogP) is 2.33. The molecule has 0 bridgehead atoms. The molecular weight excluding hydrogens is 236 g/mol. The van der Waals surface area contributed by atoms with Gasteiger partial charge in [0, 0.05) is 25.8 Å². The van der Waals surface area contributed by atoms with Crippen LogP contribution in [0.5, 0.6) is 5.88 Å². The average Bonchev–Trinajstić information content (AvgIpc) is 2.39. The molecule has 0 amide bonds. The molecule has 2 rings (SSSR count). The standard InChI is InChI=1S/C12H16N2O4/c1-17-9-4-2-5-10(8-9)18-12-11(14(15)16)6-3-7-13-12/h3,6-7,9-10H,2,4-5,8H2,1H3. The topological polar surface area (TPSA) is 74.5 Å². The number of pyridine rings is 1. The summed E-state index contributed by atoms with van der Waals surface area (Å²) in [5, 5.41) is 10.8. The molecule has 1 fully saturated rings. The molecule has 2 atom stereocenters. The van der Waals surface area contributed by atoms with Gasteiger partial charge in [-0.1, -0.05) is 0 Å². The Hall–Kier alpha value is -1.69. The third-order valence-corrected chi connectivity index (χ3v) is 3.14. The highest BCUT2D eigenvalue weighted by atomic mass is 16.6. The van der Waals surface area contributed by atoms with Gasteiger partial charge in [0.2, 0.25) is 0 Å². The molecule has 0 aliphatic heterocycles. The van der Waals surface area contributed by atoms with Gasteiger partial charge in [-0.2, -0.15) is 0 Å². The normalized spacial score (nSPS) is 23.6. The van der Waals surface area contributed by atoms with Gasteiger partial charge in [-0.15, -0.1) is 0 Å². The van der Waals surface area contributed by atoms with Crippen LogP contribution in [0.15, 0.2) is 18.3 Å². The highest BCUT2D eigenvalue weighted by Crippen LogP contribution is 2.29. The number of methoxy groups -OCH3 is 1. The lowest BCUT2D eigenvalue weighted by Crippen LogP contribution is -2.29. The molecule has 0 aromatic carbocycles. The lowest BCUT2D eigenvalue weighted by Gasteiger charge is -2.28. The molecule has 1 saturated carbocycles. The summed E-state index contributed by atoms with van der Waals surface area (Å²) < 4.78 is 10.9. The van der Waals surface area contributed by atoms with Crippen LogP contribution in [0.3, 0.4) is 0 Å². The molecule has 0 saturated heterocycles. The Balaban J connectivity index is 2.07. The maximum Gasteiger partial charge on any atom is 0.330 e. The van der Waals surface area contributed by atoms with Crippen LogP contribution in [0.4, 0.5) is 5.69 Å². The smallest absolute Gasteiger partial charge is 0.330 e. The molecule has 98 valence electrons. The van der Waals surface area contributed by atoms with E-state index in [0.717, 1.165) is 25.7 Å². The summed E-state index contributed by atoms with van der Waals surface area (Å²) in [7, 11) is 1.68. The van der Waals surface area contributed by atoms with E-state index in [1.165, 1.54) is 18.3 Å². The fraction of sp³-hybridized carbons (Fsp3) is 0.583. The second kappa shape index (κ2) is 5.77. The Bertz CT molecular complexity index is 424. The van der Waals surface area contributed by atoms with Gasteiger partial charge < -0.3 is 9.47 Å². The summed E-state index contributed by atoms with van der Waals surface area (Å²) in [6.07, 6.45) is 5.27. The SMILES string of the molecule is COC1CCCC(Oc2ncccc2[N+](=O)[O-])C1. The summed E-state index contributed by atoms with van der Waals surface area (Å²) in [5.74, 6) is 0.101. The third-order valence-electron chi connectivity index (χ3n) is 3.14. The van der Waals surface area contributed by atoms with E-state index >= 15 is 0 Å². The van der Waals surface area contributed by atoms with E-state index in [1.54, 1.807) is 7.11 Å². The molecule has 18 heavy (non-hydrogen) atoms. The van der Waals surface area contributed by atoms with E-state index in [1.807, 2.05) is 0 Å². The largest absolute Gasteiger partial charge is 0.469 e. The van der Waals surface area contributed by atoms with Crippen molar-refractivity contribution in [2.75, 3.05) is 7.11 Å². The highest BCUT2D eigenvalue weighted by molar-refractivity contribution is 5.39. The van der Waals surface area contributed by atoms with E-state index < -0.39 is 4.92 Å². The molecule has 1 aliphatic carbocycles. The number of hydrogen-bond acceptors (Lipinski definition) is 5. The minimum atomic E-state index is -0.473. The Labute approximate surface area is 105 Å². The van der Waals surface area contributed by atoms with Gasteiger partial charge in [-0.05, 0) is 25.3 Å². The number of hydrogen-bond donors (Lipinski definition) is 0. The van der Waals surface area contributed by atoms with Crippen LogP contribution in [0.25, 0.3) is 0 Å². The number of nitro groups is 1. The van der Waals surface area contributed by atoms with Crippen molar-refractivity contribution in [3.63, 3.8) is 0 Å². The van der Waals surface area contributed by atoms with Crippen molar-refractivity contribution in [2.45, 2.75) is 37.9 Å². The number of rotatable bonds is 4. The van der Waals surface area contributed by atoms with Crippen LogP contribution >= 0.6 is 0 Å². The maximum absolute atomic E-state index is 10.8. The summed E-state index contributed by atoms with van der Waals surface area (Å²) in [6.45, 7) is 0. The van der Waals surface area contributed by atoms with Gasteiger partial charge in [0.05, 0.1) is 11.0 Å². The Morgan fingerprint density at radius 2 is 2.22 bits per heavy atom. The maximum atomic E-state index is 10.8. The summed E-state index contributed by atoms with van der Waals surface area (Å²) in [6, 6.07) is 2.93. The Morgan fingerprint density at radius 1 is 1.44 bits per heavy atom. The summed E-state index contributed by atoms with van der Waals surface area (Å²) in [5.41, 5.74) is -0.0861. The molecule has 6 nitrogen and oxygen atoms in total. The summed E-state index contributed by atoms with van der Waals surface area (Å²) >= 11 is 0. The summed E-state index contributed by atoms with van der Waals surface area (Å²) in [4.78, 5) is 14.3. The molecular formula is C12H16N2O4. The molecule has 6 heteroatoms. The second-order valence-electron chi connectivity index (χ2n) is 4.35. The first-order valence-corrected chi connectivity index (χ1v) is 5.99. The monoisotopic (exact) mass is 252 g/mol. The fourth-order valence-corrected chi connectivity index (χ4v) is 2.19. The number of aromatic nitrogens is 1. The lowest BCUT2D eigenvalue weighted by atomic mass is 9.95. The molecule has 0 spiro atoms. The average molecular weight is 252 g/mol. The van der Waals surface area contributed by atoms with Crippen LogP contribution in [0.2, 0.25) is 0 Å². The number of nitrogens with zero attached hydrogens (tertiary/aromatic N) is 2. The van der Waals surface area contributed by atoms with Crippen LogP contribution in [0.1, 0.15) is 25.7 Å². The first-order valence-electron chi connectivity index (χ1n) is 5.99. The van der Waals surface area contributed by atoms with Crippen molar-refractivity contribution in [3.05, 3.63) is 28.4 Å². The van der Waals surface area contributed by atoms with Gasteiger partial charge in [0.1, 0.15) is 6.10 Å². The van der Waals surface area contributed by atoms with E-state index in [2.05, 4.69) is 4.98 Å². The quantitative estimate of drug-likeness (QED) is 0.607. The Morgan fingerprint density at radius 3 is 2.94 bits per heavy atom. The van der Waals surface area contributed by atoms with Crippen LogP contribution in [-0.2, 0) is 4.74 Å². The van der Waals surface area contributed by atoms with Crippen molar-refractivity contribution in [1.29, 1.82) is 0 Å². The predicted molar refractivity (Wildman–Crippen MR) is 64.6 cm³/mol. The van der Waals surface area contributed by atoms with E-state index in [-0.39, 0.29) is 23.8 Å². The van der Waals surface area contributed by atoms with Crippen molar-refractivity contribution in [3.8, 4) is 5.88 Å². The Kier molecular flexibility index (Phi) is 4.09. The van der Waals surface area contributed by atoms with E-state index in [9.17, 15) is 10.1 Å². The van der Waals surface area contributed by atoms with Gasteiger partial charge in [0.15, 0.2) is 0 Å². The minimum Gasteiger partial charge on any atom is -0.469 e. The molecule has 1 aromatic rings. The zero-order valence-electron chi connectivity index (χ0n) is 10.2. The van der Waals surface area contributed by atoms with Crippen LogP contribution in [-0.4, -0.2) is 29.2 Å². The molecule has 0 radical (unpaired) electrons. The minimum absolute atomic E-state index is 0.0581. The van der Waals surface area contributed by atoms with Gasteiger partial charge in [-0.3, -0.25) is 10.1 Å². The van der Waals surface area contributed by atoms with Crippen molar-refractivity contribution < 1.29 is 14.4 Å². The lowest BCUT2D eigenvalue weighted by molar-refractivity contribution is -0.386. The second-order valence-corrected chi connectivity index (χ2v) is 4.35. The van der Waals surface area contributed by atoms with Gasteiger partial charge in [0.25, 0.3) is 5.88 Å². The fourth-order valence-electron chi connectivity index (χ4n) is 2.19. The van der Waals surface area contributed by atoms with E-state index in [0.29, 0.717) is 0 Å². The van der Waals surface area contributed by atoms with E-state index in [4.69, 9.17) is 9.47 Å². The molecule has 0 N–H and O–H groups in total. The zero-order chi connectivity index (χ0) is 13.0. The zero-order valence-corrected chi connectivity index (χ0v) is 10.2. The van der Waals surface area contributed by atoms with Gasteiger partial charge in [-0.25, -0.2) is 4.98 Å². The first-order chi connectivity index (χ1) is 8.70. The van der Waals surface area contributed by atoms with Crippen molar-refractivity contribution >= 4 is 5.69 Å². The third kappa shape index (κ3) is 2.95. The van der Waals surface area contributed by atoms with Crippen LogP contribution in [0, 0.1) is 10.1 Å². The highest BCUT2D eigenvalue weighted by Gasteiger charge is 2.26. The van der Waals surface area contributed by atoms with Crippen molar-refractivity contribution in [1.82, 2.24) is 4.98 Å². The molecule has 1 aliphatic rings. The molecule has 1 aromatic heterocycles. The molecule has 2 unspecified atom stereocenters.